The fourth-order valence-electron chi connectivity index (χ4n) is 3.15. The Morgan fingerprint density at radius 1 is 1.33 bits per heavy atom. The van der Waals surface area contributed by atoms with E-state index in [9.17, 15) is 5.11 Å². The van der Waals surface area contributed by atoms with Crippen LogP contribution in [0.25, 0.3) is 0 Å². The molecule has 6 nitrogen and oxygen atoms in total. The van der Waals surface area contributed by atoms with Crippen LogP contribution in [0.15, 0.2) is 22.7 Å². The molecular formula is C18H25N3O3. The molecule has 0 amide bonds. The highest BCUT2D eigenvalue weighted by Gasteiger charge is 2.22. The maximum Gasteiger partial charge on any atom is 0.243 e. The molecular weight excluding hydrogens is 306 g/mol. The fourth-order valence-corrected chi connectivity index (χ4v) is 3.15. The molecule has 1 aromatic heterocycles. The van der Waals surface area contributed by atoms with E-state index in [1.54, 1.807) is 12.1 Å². The van der Waals surface area contributed by atoms with Gasteiger partial charge in [-0.05, 0) is 37.5 Å². The minimum Gasteiger partial charge on any atom is -0.504 e. The lowest BCUT2D eigenvalue weighted by Gasteiger charge is -2.17. The lowest BCUT2D eigenvalue weighted by molar-refractivity contribution is 0.329. The second kappa shape index (κ2) is 7.66. The van der Waals surface area contributed by atoms with Crippen molar-refractivity contribution in [2.24, 2.45) is 0 Å². The van der Waals surface area contributed by atoms with E-state index in [0.717, 1.165) is 24.2 Å². The van der Waals surface area contributed by atoms with Crippen molar-refractivity contribution in [3.63, 3.8) is 0 Å². The van der Waals surface area contributed by atoms with E-state index in [0.29, 0.717) is 24.1 Å². The minimum atomic E-state index is -0.0425. The van der Waals surface area contributed by atoms with E-state index in [1.165, 1.54) is 26.4 Å². The molecule has 1 saturated carbocycles. The first-order valence-electron chi connectivity index (χ1n) is 8.60. The number of ether oxygens (including phenoxy) is 1. The molecule has 1 aromatic carbocycles. The maximum atomic E-state index is 9.83. The zero-order valence-corrected chi connectivity index (χ0v) is 14.3. The third-order valence-corrected chi connectivity index (χ3v) is 4.65. The standard InChI is InChI=1S/C18H25N3O3/c1-12(19-11-13-8-9-16(23-2)15(22)10-13)18-20-17(21-24-18)14-6-4-3-5-7-14/h8-10,12,14,19,22H,3-7,11H2,1-2H3. The lowest BCUT2D eigenvalue weighted by atomic mass is 9.89. The zero-order chi connectivity index (χ0) is 16.9. The molecule has 2 N–H and O–H groups in total. The van der Waals surface area contributed by atoms with Gasteiger partial charge in [0.25, 0.3) is 0 Å². The number of phenolic OH excluding ortho intramolecular Hbond substituents is 1. The van der Waals surface area contributed by atoms with Gasteiger partial charge in [0.1, 0.15) is 0 Å². The lowest BCUT2D eigenvalue weighted by Crippen LogP contribution is -2.18. The molecule has 0 aliphatic heterocycles. The van der Waals surface area contributed by atoms with Gasteiger partial charge < -0.3 is 19.7 Å². The normalized spacial score (nSPS) is 16.9. The molecule has 1 heterocycles. The molecule has 0 radical (unpaired) electrons. The van der Waals surface area contributed by atoms with Crippen LogP contribution >= 0.6 is 0 Å². The van der Waals surface area contributed by atoms with Crippen molar-refractivity contribution >= 4 is 0 Å². The largest absolute Gasteiger partial charge is 0.504 e. The summed E-state index contributed by atoms with van der Waals surface area (Å²) in [6.45, 7) is 2.60. The van der Waals surface area contributed by atoms with E-state index < -0.39 is 0 Å². The molecule has 0 spiro atoms. The third-order valence-electron chi connectivity index (χ3n) is 4.65. The Morgan fingerprint density at radius 3 is 2.83 bits per heavy atom. The summed E-state index contributed by atoms with van der Waals surface area (Å²) in [5.74, 6) is 2.53. The van der Waals surface area contributed by atoms with Crippen LogP contribution in [0.1, 0.15) is 68.3 Å². The first-order valence-corrected chi connectivity index (χ1v) is 8.60. The van der Waals surface area contributed by atoms with E-state index in [-0.39, 0.29) is 11.8 Å². The Kier molecular flexibility index (Phi) is 5.35. The van der Waals surface area contributed by atoms with Gasteiger partial charge in [0, 0.05) is 12.5 Å². The van der Waals surface area contributed by atoms with Crippen molar-refractivity contribution in [2.45, 2.75) is 57.5 Å². The number of phenols is 1. The van der Waals surface area contributed by atoms with Crippen molar-refractivity contribution in [3.8, 4) is 11.5 Å². The van der Waals surface area contributed by atoms with E-state index >= 15 is 0 Å². The molecule has 0 bridgehead atoms. The smallest absolute Gasteiger partial charge is 0.243 e. The van der Waals surface area contributed by atoms with Gasteiger partial charge in [-0.1, -0.05) is 30.5 Å². The number of nitrogens with one attached hydrogen (secondary N) is 1. The molecule has 1 fully saturated rings. The van der Waals surface area contributed by atoms with Gasteiger partial charge in [0.2, 0.25) is 5.89 Å². The maximum absolute atomic E-state index is 9.83. The molecule has 24 heavy (non-hydrogen) atoms. The summed E-state index contributed by atoms with van der Waals surface area (Å²) in [5.41, 5.74) is 0.965. The van der Waals surface area contributed by atoms with E-state index in [2.05, 4.69) is 15.5 Å². The summed E-state index contributed by atoms with van der Waals surface area (Å²) in [6.07, 6.45) is 6.14. The molecule has 1 unspecified atom stereocenters. The van der Waals surface area contributed by atoms with Gasteiger partial charge >= 0.3 is 0 Å². The van der Waals surface area contributed by atoms with Crippen LogP contribution in [0.2, 0.25) is 0 Å². The number of hydrogen-bond acceptors (Lipinski definition) is 6. The molecule has 6 heteroatoms. The van der Waals surface area contributed by atoms with Crippen molar-refractivity contribution in [3.05, 3.63) is 35.5 Å². The summed E-state index contributed by atoms with van der Waals surface area (Å²) in [4.78, 5) is 4.58. The van der Waals surface area contributed by atoms with Gasteiger partial charge in [-0.25, -0.2) is 0 Å². The Morgan fingerprint density at radius 2 is 2.12 bits per heavy atom. The van der Waals surface area contributed by atoms with Crippen molar-refractivity contribution in [1.82, 2.24) is 15.5 Å². The molecule has 1 aliphatic rings. The second-order valence-electron chi connectivity index (χ2n) is 6.43. The fraction of sp³-hybridized carbons (Fsp3) is 0.556. The third kappa shape index (κ3) is 3.87. The van der Waals surface area contributed by atoms with Crippen LogP contribution in [0.4, 0.5) is 0 Å². The number of methoxy groups -OCH3 is 1. The van der Waals surface area contributed by atoms with Crippen LogP contribution in [0, 0.1) is 0 Å². The molecule has 1 atom stereocenters. The molecule has 2 aromatic rings. The highest BCUT2D eigenvalue weighted by Crippen LogP contribution is 2.31. The molecule has 3 rings (SSSR count). The van der Waals surface area contributed by atoms with Gasteiger partial charge in [-0.15, -0.1) is 0 Å². The number of rotatable bonds is 6. The topological polar surface area (TPSA) is 80.4 Å². The van der Waals surface area contributed by atoms with Crippen LogP contribution in [-0.4, -0.2) is 22.4 Å². The number of aromatic hydroxyl groups is 1. The van der Waals surface area contributed by atoms with Crippen molar-refractivity contribution < 1.29 is 14.4 Å². The monoisotopic (exact) mass is 331 g/mol. The average Bonchev–Trinajstić information content (AvgIpc) is 3.11. The summed E-state index contributed by atoms with van der Waals surface area (Å²) in [5, 5.41) is 17.3. The first-order chi connectivity index (χ1) is 11.7. The summed E-state index contributed by atoms with van der Waals surface area (Å²) in [7, 11) is 1.54. The number of aromatic nitrogens is 2. The number of hydrogen-bond donors (Lipinski definition) is 2. The highest BCUT2D eigenvalue weighted by molar-refractivity contribution is 5.41. The SMILES string of the molecule is COc1ccc(CNC(C)c2nc(C3CCCCC3)no2)cc1O. The minimum absolute atomic E-state index is 0.0425. The average molecular weight is 331 g/mol. The van der Waals surface area contributed by atoms with E-state index in [4.69, 9.17) is 9.26 Å². The molecule has 1 aliphatic carbocycles. The highest BCUT2D eigenvalue weighted by atomic mass is 16.5. The Hall–Kier alpha value is -2.08. The quantitative estimate of drug-likeness (QED) is 0.840. The van der Waals surface area contributed by atoms with Crippen LogP contribution in [0.5, 0.6) is 11.5 Å². The van der Waals surface area contributed by atoms with Gasteiger partial charge in [-0.3, -0.25) is 0 Å². The number of benzene rings is 1. The van der Waals surface area contributed by atoms with Crippen molar-refractivity contribution in [1.29, 1.82) is 0 Å². The Balaban J connectivity index is 1.57. The van der Waals surface area contributed by atoms with Crippen LogP contribution in [0.3, 0.4) is 0 Å². The predicted molar refractivity (Wildman–Crippen MR) is 90.0 cm³/mol. The predicted octanol–water partition coefficient (Wildman–Crippen LogP) is 3.68. The Labute approximate surface area is 142 Å². The molecule has 130 valence electrons. The molecule has 0 saturated heterocycles. The van der Waals surface area contributed by atoms with Gasteiger partial charge in [-0.2, -0.15) is 4.98 Å². The van der Waals surface area contributed by atoms with E-state index in [1.807, 2.05) is 13.0 Å². The van der Waals surface area contributed by atoms with Crippen LogP contribution < -0.4 is 10.1 Å². The first kappa shape index (κ1) is 16.8. The van der Waals surface area contributed by atoms with Gasteiger partial charge in [0.05, 0.1) is 13.2 Å². The van der Waals surface area contributed by atoms with Gasteiger partial charge in [0.15, 0.2) is 17.3 Å². The number of nitrogens with zero attached hydrogens (tertiary/aromatic N) is 2. The second-order valence-corrected chi connectivity index (χ2v) is 6.43. The Bertz CT molecular complexity index is 665. The summed E-state index contributed by atoms with van der Waals surface area (Å²) >= 11 is 0. The summed E-state index contributed by atoms with van der Waals surface area (Å²) in [6, 6.07) is 5.32. The summed E-state index contributed by atoms with van der Waals surface area (Å²) < 4.78 is 10.5. The zero-order valence-electron chi connectivity index (χ0n) is 14.3. The van der Waals surface area contributed by atoms with Crippen LogP contribution in [-0.2, 0) is 6.54 Å². The van der Waals surface area contributed by atoms with Crippen molar-refractivity contribution in [2.75, 3.05) is 7.11 Å².